The SMILES string of the molecule is Cc1ccc2c(=O)cc(C(=O)Nc3ccccc3Cl)oc2c1. The number of hydrogen-bond donors (Lipinski definition) is 1. The third-order valence-corrected chi connectivity index (χ3v) is 3.56. The molecule has 0 saturated heterocycles. The zero-order chi connectivity index (χ0) is 15.7. The van der Waals surface area contributed by atoms with Gasteiger partial charge >= 0.3 is 0 Å². The summed E-state index contributed by atoms with van der Waals surface area (Å²) in [5, 5.41) is 3.49. The van der Waals surface area contributed by atoms with Crippen molar-refractivity contribution in [2.75, 3.05) is 5.32 Å². The Labute approximate surface area is 131 Å². The van der Waals surface area contributed by atoms with Crippen molar-refractivity contribution in [1.82, 2.24) is 0 Å². The lowest BCUT2D eigenvalue weighted by Gasteiger charge is -2.07. The Morgan fingerprint density at radius 3 is 2.68 bits per heavy atom. The molecule has 0 aliphatic carbocycles. The topological polar surface area (TPSA) is 59.3 Å². The molecule has 110 valence electrons. The third-order valence-electron chi connectivity index (χ3n) is 3.23. The number of aryl methyl sites for hydroxylation is 1. The molecule has 2 aromatic carbocycles. The largest absolute Gasteiger partial charge is 0.451 e. The number of fused-ring (bicyclic) bond motifs is 1. The molecule has 0 aliphatic heterocycles. The van der Waals surface area contributed by atoms with E-state index >= 15 is 0 Å². The summed E-state index contributed by atoms with van der Waals surface area (Å²) < 4.78 is 5.54. The summed E-state index contributed by atoms with van der Waals surface area (Å²) in [6, 6.07) is 13.3. The molecule has 4 nitrogen and oxygen atoms in total. The highest BCUT2D eigenvalue weighted by atomic mass is 35.5. The quantitative estimate of drug-likeness (QED) is 0.777. The maximum Gasteiger partial charge on any atom is 0.291 e. The predicted octanol–water partition coefficient (Wildman–Crippen LogP) is 4.01. The Hall–Kier alpha value is -2.59. The Balaban J connectivity index is 2.01. The van der Waals surface area contributed by atoms with Crippen LogP contribution in [0.2, 0.25) is 5.02 Å². The van der Waals surface area contributed by atoms with Crippen LogP contribution in [0.4, 0.5) is 5.69 Å². The van der Waals surface area contributed by atoms with Gasteiger partial charge in [0.25, 0.3) is 5.91 Å². The first-order chi connectivity index (χ1) is 10.5. The predicted molar refractivity (Wildman–Crippen MR) is 86.6 cm³/mol. The molecule has 0 fully saturated rings. The van der Waals surface area contributed by atoms with Gasteiger partial charge in [0.2, 0.25) is 0 Å². The summed E-state index contributed by atoms with van der Waals surface area (Å²) in [5.41, 5.74) is 1.53. The second kappa shape index (κ2) is 5.66. The summed E-state index contributed by atoms with van der Waals surface area (Å²) in [6.07, 6.45) is 0. The monoisotopic (exact) mass is 313 g/mol. The minimum atomic E-state index is -0.520. The number of nitrogens with one attached hydrogen (secondary N) is 1. The highest BCUT2D eigenvalue weighted by molar-refractivity contribution is 6.33. The van der Waals surface area contributed by atoms with Gasteiger partial charge in [-0.25, -0.2) is 0 Å². The summed E-state index contributed by atoms with van der Waals surface area (Å²) in [4.78, 5) is 24.3. The van der Waals surface area contributed by atoms with E-state index in [9.17, 15) is 9.59 Å². The van der Waals surface area contributed by atoms with Crippen molar-refractivity contribution in [1.29, 1.82) is 0 Å². The van der Waals surface area contributed by atoms with E-state index in [2.05, 4.69) is 5.32 Å². The van der Waals surface area contributed by atoms with Crippen LogP contribution in [0.1, 0.15) is 16.1 Å². The second-order valence-electron chi connectivity index (χ2n) is 4.91. The van der Waals surface area contributed by atoms with Crippen molar-refractivity contribution < 1.29 is 9.21 Å². The molecule has 0 spiro atoms. The van der Waals surface area contributed by atoms with Crippen LogP contribution in [0, 0.1) is 6.92 Å². The van der Waals surface area contributed by atoms with Gasteiger partial charge in [-0.05, 0) is 36.8 Å². The molecule has 0 bridgehead atoms. The molecule has 0 atom stereocenters. The highest BCUT2D eigenvalue weighted by Crippen LogP contribution is 2.21. The first-order valence-electron chi connectivity index (χ1n) is 6.65. The zero-order valence-electron chi connectivity index (χ0n) is 11.7. The fourth-order valence-corrected chi connectivity index (χ4v) is 2.30. The van der Waals surface area contributed by atoms with E-state index in [1.54, 1.807) is 36.4 Å². The lowest BCUT2D eigenvalue weighted by molar-refractivity contribution is 0.0997. The molecule has 1 amide bonds. The minimum Gasteiger partial charge on any atom is -0.451 e. The van der Waals surface area contributed by atoms with Gasteiger partial charge in [-0.15, -0.1) is 0 Å². The summed E-state index contributed by atoms with van der Waals surface area (Å²) in [7, 11) is 0. The number of carbonyl (C=O) groups is 1. The number of rotatable bonds is 2. The molecule has 3 rings (SSSR count). The number of carbonyl (C=O) groups excluding carboxylic acids is 1. The van der Waals surface area contributed by atoms with Crippen molar-refractivity contribution >= 4 is 34.2 Å². The molecule has 0 unspecified atom stereocenters. The minimum absolute atomic E-state index is 0.0528. The fourth-order valence-electron chi connectivity index (χ4n) is 2.12. The van der Waals surface area contributed by atoms with Crippen LogP contribution in [-0.2, 0) is 0 Å². The molecule has 0 aliphatic rings. The molecule has 22 heavy (non-hydrogen) atoms. The number of halogens is 1. The number of anilines is 1. The first-order valence-corrected chi connectivity index (χ1v) is 7.03. The van der Waals surface area contributed by atoms with E-state index in [1.165, 1.54) is 6.07 Å². The Bertz CT molecular complexity index is 931. The van der Waals surface area contributed by atoms with E-state index in [-0.39, 0.29) is 11.2 Å². The highest BCUT2D eigenvalue weighted by Gasteiger charge is 2.13. The van der Waals surface area contributed by atoms with Crippen molar-refractivity contribution in [3.63, 3.8) is 0 Å². The lowest BCUT2D eigenvalue weighted by Crippen LogP contribution is -2.15. The van der Waals surface area contributed by atoms with Crippen LogP contribution in [0.5, 0.6) is 0 Å². The molecule has 1 heterocycles. The number of benzene rings is 2. The first kappa shape index (κ1) is 14.4. The van der Waals surface area contributed by atoms with Gasteiger partial charge in [-0.1, -0.05) is 29.8 Å². The Kier molecular flexibility index (Phi) is 3.69. The fraction of sp³-hybridized carbons (Fsp3) is 0.0588. The lowest BCUT2D eigenvalue weighted by atomic mass is 10.1. The Morgan fingerprint density at radius 1 is 1.14 bits per heavy atom. The van der Waals surface area contributed by atoms with E-state index in [1.807, 2.05) is 13.0 Å². The summed E-state index contributed by atoms with van der Waals surface area (Å²) in [5.74, 6) is -0.573. The molecular formula is C17H12ClNO3. The van der Waals surface area contributed by atoms with Gasteiger partial charge in [0.1, 0.15) is 5.58 Å². The molecule has 1 N–H and O–H groups in total. The van der Waals surface area contributed by atoms with Crippen molar-refractivity contribution in [2.24, 2.45) is 0 Å². The van der Waals surface area contributed by atoms with Gasteiger partial charge in [-0.2, -0.15) is 0 Å². The molecule has 0 saturated carbocycles. The van der Waals surface area contributed by atoms with E-state index in [0.29, 0.717) is 21.7 Å². The Morgan fingerprint density at radius 2 is 1.91 bits per heavy atom. The molecular weight excluding hydrogens is 302 g/mol. The maximum absolute atomic E-state index is 12.2. The van der Waals surface area contributed by atoms with Gasteiger partial charge in [0.05, 0.1) is 16.1 Å². The molecule has 0 radical (unpaired) electrons. The standard InChI is InChI=1S/C17H12ClNO3/c1-10-6-7-11-14(20)9-16(22-15(11)8-10)17(21)19-13-5-3-2-4-12(13)18/h2-9H,1H3,(H,19,21). The average molecular weight is 314 g/mol. The van der Waals surface area contributed by atoms with Crippen LogP contribution < -0.4 is 10.7 Å². The van der Waals surface area contributed by atoms with Crippen molar-refractivity contribution in [3.8, 4) is 0 Å². The van der Waals surface area contributed by atoms with E-state index in [4.69, 9.17) is 16.0 Å². The number of hydrogen-bond acceptors (Lipinski definition) is 3. The summed E-state index contributed by atoms with van der Waals surface area (Å²) >= 11 is 6.00. The third kappa shape index (κ3) is 2.73. The molecule has 3 aromatic rings. The van der Waals surface area contributed by atoms with Gasteiger partial charge < -0.3 is 9.73 Å². The number of para-hydroxylation sites is 1. The van der Waals surface area contributed by atoms with Crippen LogP contribution in [0.25, 0.3) is 11.0 Å². The molecule has 5 heteroatoms. The molecule has 1 aromatic heterocycles. The second-order valence-corrected chi connectivity index (χ2v) is 5.32. The van der Waals surface area contributed by atoms with Gasteiger partial charge in [-0.3, -0.25) is 9.59 Å². The maximum atomic E-state index is 12.2. The van der Waals surface area contributed by atoms with E-state index in [0.717, 1.165) is 5.56 Å². The van der Waals surface area contributed by atoms with E-state index < -0.39 is 5.91 Å². The van der Waals surface area contributed by atoms with Crippen LogP contribution >= 0.6 is 11.6 Å². The average Bonchev–Trinajstić information content (AvgIpc) is 2.49. The van der Waals surface area contributed by atoms with Crippen molar-refractivity contribution in [2.45, 2.75) is 6.92 Å². The number of amides is 1. The van der Waals surface area contributed by atoms with Crippen molar-refractivity contribution in [3.05, 3.63) is 75.1 Å². The van der Waals surface area contributed by atoms with Crippen LogP contribution in [0.15, 0.2) is 57.7 Å². The van der Waals surface area contributed by atoms with Gasteiger partial charge in [0, 0.05) is 6.07 Å². The van der Waals surface area contributed by atoms with Crippen LogP contribution in [-0.4, -0.2) is 5.91 Å². The van der Waals surface area contributed by atoms with Gasteiger partial charge in [0.15, 0.2) is 11.2 Å². The normalized spacial score (nSPS) is 10.6. The summed E-state index contributed by atoms with van der Waals surface area (Å²) in [6.45, 7) is 1.88. The smallest absolute Gasteiger partial charge is 0.291 e. The van der Waals surface area contributed by atoms with Crippen LogP contribution in [0.3, 0.4) is 0 Å². The zero-order valence-corrected chi connectivity index (χ0v) is 12.5.